The summed E-state index contributed by atoms with van der Waals surface area (Å²) in [5.74, 6) is 0.0822. The first-order valence-electron chi connectivity index (χ1n) is 10.6. The Hall–Kier alpha value is -2.37. The molecule has 0 aromatic heterocycles. The molecule has 2 heterocycles. The summed E-state index contributed by atoms with van der Waals surface area (Å²) in [5.41, 5.74) is 7.14. The molecular weight excluding hydrogens is 362 g/mol. The van der Waals surface area contributed by atoms with E-state index in [0.29, 0.717) is 6.54 Å². The third-order valence-corrected chi connectivity index (χ3v) is 6.48. The van der Waals surface area contributed by atoms with Crippen molar-refractivity contribution in [3.05, 3.63) is 58.7 Å². The fourth-order valence-corrected chi connectivity index (χ4v) is 4.56. The van der Waals surface area contributed by atoms with Crippen LogP contribution in [0, 0.1) is 13.8 Å². The van der Waals surface area contributed by atoms with E-state index < -0.39 is 6.10 Å². The van der Waals surface area contributed by atoms with Crippen molar-refractivity contribution in [2.45, 2.75) is 33.3 Å². The van der Waals surface area contributed by atoms with Crippen LogP contribution in [-0.4, -0.2) is 55.2 Å². The summed E-state index contributed by atoms with van der Waals surface area (Å²) in [7, 11) is 0. The SMILES string of the molecule is CC(=O)N1CCc2cc(C(O)CN3CCN(c4cccc(C)c4C)CC3)ccc21. The van der Waals surface area contributed by atoms with Gasteiger partial charge in [0.2, 0.25) is 5.91 Å². The summed E-state index contributed by atoms with van der Waals surface area (Å²) in [4.78, 5) is 18.3. The number of fused-ring (bicyclic) bond motifs is 1. The molecule has 1 atom stereocenters. The minimum absolute atomic E-state index is 0.0822. The van der Waals surface area contributed by atoms with Crippen LogP contribution < -0.4 is 9.80 Å². The van der Waals surface area contributed by atoms with Gasteiger partial charge in [-0.1, -0.05) is 24.3 Å². The van der Waals surface area contributed by atoms with Gasteiger partial charge in [-0.25, -0.2) is 0 Å². The van der Waals surface area contributed by atoms with Gasteiger partial charge < -0.3 is 14.9 Å². The molecule has 1 amide bonds. The second-order valence-corrected chi connectivity index (χ2v) is 8.33. The fraction of sp³-hybridized carbons (Fsp3) is 0.458. The summed E-state index contributed by atoms with van der Waals surface area (Å²) >= 11 is 0. The van der Waals surface area contributed by atoms with Crippen molar-refractivity contribution in [1.82, 2.24) is 4.90 Å². The number of amides is 1. The van der Waals surface area contributed by atoms with E-state index in [4.69, 9.17) is 0 Å². The zero-order valence-electron chi connectivity index (χ0n) is 17.7. The van der Waals surface area contributed by atoms with Crippen molar-refractivity contribution in [3.8, 4) is 0 Å². The Morgan fingerprint density at radius 3 is 2.52 bits per heavy atom. The second-order valence-electron chi connectivity index (χ2n) is 8.33. The molecule has 29 heavy (non-hydrogen) atoms. The molecule has 2 aromatic rings. The molecule has 154 valence electrons. The van der Waals surface area contributed by atoms with Gasteiger partial charge in [0.1, 0.15) is 0 Å². The Morgan fingerprint density at radius 2 is 1.79 bits per heavy atom. The van der Waals surface area contributed by atoms with Crippen molar-refractivity contribution in [3.63, 3.8) is 0 Å². The van der Waals surface area contributed by atoms with Crippen LogP contribution in [0.3, 0.4) is 0 Å². The van der Waals surface area contributed by atoms with Crippen LogP contribution in [-0.2, 0) is 11.2 Å². The molecule has 2 aliphatic heterocycles. The van der Waals surface area contributed by atoms with Crippen LogP contribution in [0.5, 0.6) is 0 Å². The van der Waals surface area contributed by atoms with Crippen molar-refractivity contribution in [1.29, 1.82) is 0 Å². The highest BCUT2D eigenvalue weighted by atomic mass is 16.3. The van der Waals surface area contributed by atoms with Crippen molar-refractivity contribution < 1.29 is 9.90 Å². The van der Waals surface area contributed by atoms with Gasteiger partial charge in [-0.05, 0) is 54.7 Å². The smallest absolute Gasteiger partial charge is 0.223 e. The number of hydrogen-bond acceptors (Lipinski definition) is 4. The summed E-state index contributed by atoms with van der Waals surface area (Å²) in [6.45, 7) is 11.2. The van der Waals surface area contributed by atoms with Crippen LogP contribution in [0.2, 0.25) is 0 Å². The molecule has 0 bridgehead atoms. The Morgan fingerprint density at radius 1 is 1.03 bits per heavy atom. The van der Waals surface area contributed by atoms with Crippen LogP contribution >= 0.6 is 0 Å². The fourth-order valence-electron chi connectivity index (χ4n) is 4.56. The van der Waals surface area contributed by atoms with Gasteiger partial charge in [-0.3, -0.25) is 9.69 Å². The number of β-amino-alcohol motifs (C(OH)–C–C–N with tert-alkyl or cyclic N) is 1. The number of aliphatic hydroxyl groups is 1. The van der Waals surface area contributed by atoms with E-state index in [1.165, 1.54) is 16.8 Å². The first-order chi connectivity index (χ1) is 13.9. The number of hydrogen-bond donors (Lipinski definition) is 1. The van der Waals surface area contributed by atoms with Crippen LogP contribution in [0.1, 0.15) is 35.3 Å². The van der Waals surface area contributed by atoms with Gasteiger partial charge >= 0.3 is 0 Å². The highest BCUT2D eigenvalue weighted by molar-refractivity contribution is 5.93. The number of carbonyl (C=O) groups is 1. The van der Waals surface area contributed by atoms with Gasteiger partial charge in [0.05, 0.1) is 6.10 Å². The van der Waals surface area contributed by atoms with Crippen molar-refractivity contribution >= 4 is 17.3 Å². The van der Waals surface area contributed by atoms with Crippen LogP contribution in [0.15, 0.2) is 36.4 Å². The molecule has 2 aliphatic rings. The minimum Gasteiger partial charge on any atom is -0.387 e. The molecule has 1 fully saturated rings. The maximum Gasteiger partial charge on any atom is 0.223 e. The molecule has 5 nitrogen and oxygen atoms in total. The third-order valence-electron chi connectivity index (χ3n) is 6.48. The van der Waals surface area contributed by atoms with Crippen LogP contribution in [0.25, 0.3) is 0 Å². The van der Waals surface area contributed by atoms with E-state index in [0.717, 1.165) is 56.0 Å². The number of aliphatic hydroxyl groups excluding tert-OH is 1. The Kier molecular flexibility index (Phi) is 5.61. The average molecular weight is 394 g/mol. The number of anilines is 2. The Balaban J connectivity index is 1.36. The normalized spacial score (nSPS) is 18.1. The first kappa shape index (κ1) is 19.9. The van der Waals surface area contributed by atoms with Crippen LogP contribution in [0.4, 0.5) is 11.4 Å². The zero-order valence-corrected chi connectivity index (χ0v) is 17.7. The molecule has 0 radical (unpaired) electrons. The standard InChI is InChI=1S/C24H31N3O2/c1-17-5-4-6-22(18(17)2)26-13-11-25(12-14-26)16-24(29)21-7-8-23-20(15-21)9-10-27(23)19(3)28/h4-8,15,24,29H,9-14,16H2,1-3H3. The zero-order chi connectivity index (χ0) is 20.5. The van der Waals surface area contributed by atoms with Gasteiger partial charge in [-0.2, -0.15) is 0 Å². The van der Waals surface area contributed by atoms with Gasteiger partial charge in [-0.15, -0.1) is 0 Å². The monoisotopic (exact) mass is 393 g/mol. The first-order valence-corrected chi connectivity index (χ1v) is 10.6. The van der Waals surface area contributed by atoms with E-state index in [-0.39, 0.29) is 5.91 Å². The second kappa shape index (κ2) is 8.17. The third kappa shape index (κ3) is 4.02. The van der Waals surface area contributed by atoms with Gasteiger partial charge in [0, 0.05) is 57.6 Å². The quantitative estimate of drug-likeness (QED) is 0.867. The minimum atomic E-state index is -0.501. The summed E-state index contributed by atoms with van der Waals surface area (Å²) in [6.07, 6.45) is 0.364. The van der Waals surface area contributed by atoms with E-state index in [1.54, 1.807) is 6.92 Å². The molecule has 1 unspecified atom stereocenters. The molecule has 2 aromatic carbocycles. The number of nitrogens with zero attached hydrogens (tertiary/aromatic N) is 3. The molecule has 0 aliphatic carbocycles. The molecule has 5 heteroatoms. The molecule has 1 saturated heterocycles. The van der Waals surface area contributed by atoms with E-state index in [1.807, 2.05) is 17.0 Å². The largest absolute Gasteiger partial charge is 0.387 e. The maximum absolute atomic E-state index is 11.7. The molecule has 0 spiro atoms. The lowest BCUT2D eigenvalue weighted by molar-refractivity contribution is -0.116. The summed E-state index contributed by atoms with van der Waals surface area (Å²) in [6, 6.07) is 12.5. The highest BCUT2D eigenvalue weighted by Gasteiger charge is 2.25. The number of carbonyl (C=O) groups excluding carboxylic acids is 1. The van der Waals surface area contributed by atoms with E-state index in [2.05, 4.69) is 47.9 Å². The van der Waals surface area contributed by atoms with E-state index in [9.17, 15) is 9.90 Å². The Bertz CT molecular complexity index is 903. The topological polar surface area (TPSA) is 47.0 Å². The predicted octanol–water partition coefficient (Wildman–Crippen LogP) is 3.07. The van der Waals surface area contributed by atoms with Gasteiger partial charge in [0.25, 0.3) is 0 Å². The summed E-state index contributed by atoms with van der Waals surface area (Å²) < 4.78 is 0. The molecule has 0 saturated carbocycles. The number of rotatable bonds is 4. The summed E-state index contributed by atoms with van der Waals surface area (Å²) in [5, 5.41) is 10.8. The lowest BCUT2D eigenvalue weighted by atomic mass is 10.0. The number of aryl methyl sites for hydroxylation is 1. The predicted molar refractivity (Wildman–Crippen MR) is 118 cm³/mol. The average Bonchev–Trinajstić information content (AvgIpc) is 3.14. The molecule has 1 N–H and O–H groups in total. The molecular formula is C24H31N3O2. The lowest BCUT2D eigenvalue weighted by Gasteiger charge is -2.37. The molecule has 4 rings (SSSR count). The Labute approximate surface area is 173 Å². The van der Waals surface area contributed by atoms with Crippen molar-refractivity contribution in [2.75, 3.05) is 49.1 Å². The van der Waals surface area contributed by atoms with Crippen molar-refractivity contribution in [2.24, 2.45) is 0 Å². The number of piperazine rings is 1. The van der Waals surface area contributed by atoms with E-state index >= 15 is 0 Å². The number of benzene rings is 2. The maximum atomic E-state index is 11.7. The van der Waals surface area contributed by atoms with Gasteiger partial charge in [0.15, 0.2) is 0 Å². The lowest BCUT2D eigenvalue weighted by Crippen LogP contribution is -2.47. The highest BCUT2D eigenvalue weighted by Crippen LogP contribution is 2.31.